The summed E-state index contributed by atoms with van der Waals surface area (Å²) in [4.78, 5) is 25.6. The molecule has 0 aromatic heterocycles. The molecule has 3 aromatic carbocycles. The van der Waals surface area contributed by atoms with Gasteiger partial charge in [0.2, 0.25) is 0 Å². The lowest BCUT2D eigenvalue weighted by atomic mass is 9.72. The van der Waals surface area contributed by atoms with Gasteiger partial charge in [0.05, 0.1) is 22.7 Å². The minimum atomic E-state index is -5.08. The van der Waals surface area contributed by atoms with Gasteiger partial charge in [-0.15, -0.1) is 0 Å². The highest BCUT2D eigenvalue weighted by Gasteiger charge is 2.44. The van der Waals surface area contributed by atoms with E-state index in [-0.39, 0.29) is 34.7 Å². The van der Waals surface area contributed by atoms with Gasteiger partial charge in [-0.1, -0.05) is 19.9 Å². The Morgan fingerprint density at radius 3 is 2.13 bits per heavy atom. The summed E-state index contributed by atoms with van der Waals surface area (Å²) in [6.07, 6.45) is -11.0. The van der Waals surface area contributed by atoms with Crippen LogP contribution >= 0.6 is 0 Å². The van der Waals surface area contributed by atoms with Crippen LogP contribution in [0, 0.1) is 17.0 Å². The van der Waals surface area contributed by atoms with E-state index in [1.807, 2.05) is 13.8 Å². The molecule has 0 radical (unpaired) electrons. The zero-order valence-corrected chi connectivity index (χ0v) is 25.3. The molecule has 0 bridgehead atoms. The number of benzene rings is 3. The van der Waals surface area contributed by atoms with Gasteiger partial charge in [-0.05, 0) is 108 Å². The number of hydrogen-bond donors (Lipinski definition) is 1. The fourth-order valence-corrected chi connectivity index (χ4v) is 6.22. The molecule has 3 aromatic rings. The maximum atomic E-state index is 15.0. The number of hydrogen-bond acceptors (Lipinski definition) is 3. The van der Waals surface area contributed by atoms with Gasteiger partial charge in [-0.2, -0.15) is 26.3 Å². The summed E-state index contributed by atoms with van der Waals surface area (Å²) in [7, 11) is 0. The summed E-state index contributed by atoms with van der Waals surface area (Å²) in [5, 5.41) is 9.16. The SMILES string of the molecule is C[C@H]1[C@@H](c2cc(C(F)(F)F)cc(C(F)(F)F)c2)OC(=O)N1CC1=C(c2cc(F)cc(-c3ccc(C(=O)O)cc3F)c2)CCC(C)(C)C1. The van der Waals surface area contributed by atoms with Gasteiger partial charge < -0.3 is 9.84 Å². The van der Waals surface area contributed by atoms with Crippen molar-refractivity contribution < 1.29 is 54.6 Å². The molecule has 1 aliphatic heterocycles. The maximum Gasteiger partial charge on any atom is 0.416 e. The van der Waals surface area contributed by atoms with Crippen molar-refractivity contribution in [3.05, 3.63) is 99.6 Å². The molecule has 1 aliphatic carbocycles. The van der Waals surface area contributed by atoms with Crippen LogP contribution in [0.5, 0.6) is 0 Å². The van der Waals surface area contributed by atoms with E-state index in [1.54, 1.807) is 6.07 Å². The zero-order valence-electron chi connectivity index (χ0n) is 25.3. The van der Waals surface area contributed by atoms with Gasteiger partial charge in [0, 0.05) is 12.1 Å². The second-order valence-corrected chi connectivity index (χ2v) is 12.7. The molecule has 2 aliphatic rings. The third-order valence-electron chi connectivity index (χ3n) is 8.64. The molecule has 1 fully saturated rings. The first kappa shape index (κ1) is 33.9. The molecule has 5 nitrogen and oxygen atoms in total. The number of rotatable bonds is 6. The second-order valence-electron chi connectivity index (χ2n) is 12.7. The van der Waals surface area contributed by atoms with Crippen molar-refractivity contribution in [1.82, 2.24) is 4.90 Å². The average Bonchev–Trinajstić information content (AvgIpc) is 3.23. The fourth-order valence-electron chi connectivity index (χ4n) is 6.22. The van der Waals surface area contributed by atoms with Crippen molar-refractivity contribution in [3.63, 3.8) is 0 Å². The Morgan fingerprint density at radius 2 is 1.55 bits per heavy atom. The molecule has 1 saturated heterocycles. The molecular weight excluding hydrogens is 638 g/mol. The van der Waals surface area contributed by atoms with E-state index in [1.165, 1.54) is 30.0 Å². The van der Waals surface area contributed by atoms with E-state index >= 15 is 4.39 Å². The number of nitrogens with zero attached hydrogens (tertiary/aromatic N) is 1. The summed E-state index contributed by atoms with van der Waals surface area (Å²) in [5.41, 5.74) is -2.26. The Bertz CT molecular complexity index is 1740. The van der Waals surface area contributed by atoms with Crippen LogP contribution in [-0.4, -0.2) is 34.7 Å². The number of carboxylic acids is 1. The highest BCUT2D eigenvalue weighted by Crippen LogP contribution is 2.46. The van der Waals surface area contributed by atoms with E-state index in [0.717, 1.165) is 12.1 Å². The third-order valence-corrected chi connectivity index (χ3v) is 8.64. The molecule has 1 heterocycles. The first-order valence-electron chi connectivity index (χ1n) is 14.6. The fraction of sp³-hybridized carbons (Fsp3) is 0.353. The Morgan fingerprint density at radius 1 is 0.936 bits per heavy atom. The molecular formula is C34H29F8NO4. The molecule has 1 amide bonds. The van der Waals surface area contributed by atoms with Crippen molar-refractivity contribution >= 4 is 17.6 Å². The highest BCUT2D eigenvalue weighted by atomic mass is 19.4. The van der Waals surface area contributed by atoms with E-state index in [9.17, 15) is 40.3 Å². The molecule has 2 atom stereocenters. The topological polar surface area (TPSA) is 66.8 Å². The van der Waals surface area contributed by atoms with Gasteiger partial charge in [0.15, 0.2) is 0 Å². The highest BCUT2D eigenvalue weighted by molar-refractivity contribution is 5.88. The largest absolute Gasteiger partial charge is 0.478 e. The predicted octanol–water partition coefficient (Wildman–Crippen LogP) is 9.91. The summed E-state index contributed by atoms with van der Waals surface area (Å²) in [5.74, 6) is -2.90. The van der Waals surface area contributed by atoms with Crippen LogP contribution in [0.1, 0.15) is 78.7 Å². The maximum absolute atomic E-state index is 15.0. The molecule has 0 saturated carbocycles. The minimum Gasteiger partial charge on any atom is -0.478 e. The summed E-state index contributed by atoms with van der Waals surface area (Å²) >= 11 is 0. The van der Waals surface area contributed by atoms with E-state index in [0.29, 0.717) is 48.1 Å². The number of carbonyl (C=O) groups is 2. The van der Waals surface area contributed by atoms with Crippen molar-refractivity contribution in [1.29, 1.82) is 0 Å². The Hall–Kier alpha value is -4.42. The lowest BCUT2D eigenvalue weighted by Gasteiger charge is -2.35. The first-order chi connectivity index (χ1) is 21.7. The van der Waals surface area contributed by atoms with Gasteiger partial charge in [0.1, 0.15) is 17.7 Å². The van der Waals surface area contributed by atoms with Crippen LogP contribution in [0.25, 0.3) is 16.7 Å². The second kappa shape index (κ2) is 12.0. The quantitative estimate of drug-likeness (QED) is 0.266. The normalized spacial score (nSPS) is 20.1. The summed E-state index contributed by atoms with van der Waals surface area (Å²) < 4.78 is 116. The summed E-state index contributed by atoms with van der Waals surface area (Å²) in [6.45, 7) is 5.32. The third kappa shape index (κ3) is 7.13. The van der Waals surface area contributed by atoms with Gasteiger partial charge >= 0.3 is 24.4 Å². The number of cyclic esters (lactones) is 1. The standard InChI is InChI=1S/C34H29F8NO4/c1-17-29(21-9-23(33(37,38)39)14-24(10-21)34(40,41)42)47-31(46)43(17)16-22-15-32(2,3)7-6-26(22)19-8-20(12-25(35)11-19)27-5-4-18(30(44)45)13-28(27)36/h4-5,8-14,17,29H,6-7,15-16H2,1-3H3,(H,44,45)/t17-,29-/m0/s1. The lowest BCUT2D eigenvalue weighted by molar-refractivity contribution is -0.143. The first-order valence-corrected chi connectivity index (χ1v) is 14.6. The number of aromatic carboxylic acids is 1. The molecule has 5 rings (SSSR count). The number of amides is 1. The lowest BCUT2D eigenvalue weighted by Crippen LogP contribution is -2.35. The van der Waals surface area contributed by atoms with Crippen LogP contribution in [0.4, 0.5) is 39.9 Å². The molecule has 0 spiro atoms. The molecule has 47 heavy (non-hydrogen) atoms. The van der Waals surface area contributed by atoms with Crippen molar-refractivity contribution in [2.75, 3.05) is 6.54 Å². The Labute approximate surface area is 264 Å². The summed E-state index contributed by atoms with van der Waals surface area (Å²) in [6, 6.07) is 7.26. The van der Waals surface area contributed by atoms with Crippen molar-refractivity contribution in [2.45, 2.75) is 64.5 Å². The smallest absolute Gasteiger partial charge is 0.416 e. The van der Waals surface area contributed by atoms with E-state index in [2.05, 4.69) is 0 Å². The molecule has 13 heteroatoms. The molecule has 250 valence electrons. The van der Waals surface area contributed by atoms with Gasteiger partial charge in [0.25, 0.3) is 0 Å². The molecule has 1 N–H and O–H groups in total. The number of alkyl halides is 6. The monoisotopic (exact) mass is 667 g/mol. The zero-order chi connectivity index (χ0) is 34.6. The number of carboxylic acid groups (broad SMARTS) is 1. The van der Waals surface area contributed by atoms with Crippen LogP contribution in [-0.2, 0) is 17.1 Å². The predicted molar refractivity (Wildman–Crippen MR) is 155 cm³/mol. The van der Waals surface area contributed by atoms with Crippen LogP contribution in [0.2, 0.25) is 0 Å². The van der Waals surface area contributed by atoms with Crippen LogP contribution in [0.15, 0.2) is 60.2 Å². The Kier molecular flexibility index (Phi) is 8.65. The molecule has 0 unspecified atom stereocenters. The number of carbonyl (C=O) groups excluding carboxylic acids is 1. The Balaban J connectivity index is 1.53. The van der Waals surface area contributed by atoms with Crippen molar-refractivity contribution in [2.24, 2.45) is 5.41 Å². The minimum absolute atomic E-state index is 0.00351. The van der Waals surface area contributed by atoms with Gasteiger partial charge in [-0.3, -0.25) is 4.90 Å². The van der Waals surface area contributed by atoms with Gasteiger partial charge in [-0.25, -0.2) is 18.4 Å². The number of halogens is 8. The van der Waals surface area contributed by atoms with Crippen LogP contribution < -0.4 is 0 Å². The average molecular weight is 668 g/mol. The number of ether oxygens (including phenoxy) is 1. The van der Waals surface area contributed by atoms with E-state index in [4.69, 9.17) is 9.84 Å². The number of allylic oxidation sites excluding steroid dienone is 1. The van der Waals surface area contributed by atoms with Crippen LogP contribution in [0.3, 0.4) is 0 Å². The van der Waals surface area contributed by atoms with E-state index < -0.39 is 64.9 Å². The van der Waals surface area contributed by atoms with Crippen molar-refractivity contribution in [3.8, 4) is 11.1 Å².